The smallest absolute Gasteiger partial charge is 0.340 e. The minimum absolute atomic E-state index is 0.218. The molecule has 0 amide bonds. The second-order valence-corrected chi connectivity index (χ2v) is 8.83. The number of nitrogens with zero attached hydrogens (tertiary/aromatic N) is 1. The Morgan fingerprint density at radius 3 is 1.64 bits per heavy atom. The van der Waals surface area contributed by atoms with Crippen molar-refractivity contribution in [1.82, 2.24) is 8.96 Å². The number of hydrogen-bond acceptors (Lipinski definition) is 4. The zero-order valence-corrected chi connectivity index (χ0v) is 18.7. The summed E-state index contributed by atoms with van der Waals surface area (Å²) in [6.45, 7) is 2.27. The first-order valence-corrected chi connectivity index (χ1v) is 12.3. The number of nitrogens with one attached hydrogen (secondary N) is 1. The van der Waals surface area contributed by atoms with Gasteiger partial charge in [-0.25, -0.2) is 8.77 Å². The molecular weight excluding hydrogens is 370 g/mol. The lowest BCUT2D eigenvalue weighted by Crippen LogP contribution is -2.28. The molecule has 1 aromatic heterocycles. The number of nitrogens with two attached hydrogens (primary N) is 1. The van der Waals surface area contributed by atoms with E-state index in [1.165, 1.54) is 118 Å². The first kappa shape index (κ1) is 24.9. The monoisotopic (exact) mass is 411 g/mol. The van der Waals surface area contributed by atoms with Crippen LogP contribution in [0.2, 0.25) is 0 Å². The minimum atomic E-state index is -0.443. The Labute approximate surface area is 175 Å². The number of nitrogen functional groups attached to an aromatic ring is 1. The molecule has 3 N–H and O–H groups in total. The molecule has 6 heteroatoms. The highest BCUT2D eigenvalue weighted by Gasteiger charge is 2.03. The third-order valence-electron chi connectivity index (χ3n) is 5.15. The van der Waals surface area contributed by atoms with Crippen LogP contribution in [-0.4, -0.2) is 14.7 Å². The van der Waals surface area contributed by atoms with Crippen LogP contribution >= 0.6 is 11.9 Å². The van der Waals surface area contributed by atoms with E-state index in [1.807, 2.05) is 0 Å². The first-order valence-electron chi connectivity index (χ1n) is 11.4. The van der Waals surface area contributed by atoms with Crippen LogP contribution in [0.5, 0.6) is 0 Å². The summed E-state index contributed by atoms with van der Waals surface area (Å²) in [7, 11) is 0. The van der Waals surface area contributed by atoms with Crippen LogP contribution in [0.15, 0.2) is 15.7 Å². The molecular formula is C22H41N3O2S. The van der Waals surface area contributed by atoms with E-state index in [0.717, 1.165) is 12.2 Å². The predicted octanol–water partition coefficient (Wildman–Crippen LogP) is 5.88. The van der Waals surface area contributed by atoms with Crippen LogP contribution in [0.3, 0.4) is 0 Å². The van der Waals surface area contributed by atoms with Gasteiger partial charge in [0.15, 0.2) is 0 Å². The van der Waals surface area contributed by atoms with Gasteiger partial charge >= 0.3 is 5.69 Å². The fraction of sp³-hybridized carbons (Fsp3) is 0.818. The fourth-order valence-electron chi connectivity index (χ4n) is 3.44. The summed E-state index contributed by atoms with van der Waals surface area (Å²) in [5.41, 5.74) is 4.83. The van der Waals surface area contributed by atoms with Gasteiger partial charge < -0.3 is 5.73 Å². The van der Waals surface area contributed by atoms with Crippen LogP contribution in [0, 0.1) is 0 Å². The van der Waals surface area contributed by atoms with E-state index in [4.69, 9.17) is 5.73 Å². The highest BCUT2D eigenvalue weighted by Crippen LogP contribution is 2.15. The predicted molar refractivity (Wildman–Crippen MR) is 123 cm³/mol. The van der Waals surface area contributed by atoms with Gasteiger partial charge in [-0.15, -0.1) is 0 Å². The molecule has 1 rings (SSSR count). The van der Waals surface area contributed by atoms with Crippen molar-refractivity contribution in [3.05, 3.63) is 26.9 Å². The summed E-state index contributed by atoms with van der Waals surface area (Å²) in [6, 6.07) is 1.25. The summed E-state index contributed by atoms with van der Waals surface area (Å²) in [6.07, 6.45) is 21.6. The maximum Gasteiger partial charge on any atom is 0.340 e. The normalized spacial score (nSPS) is 11.2. The van der Waals surface area contributed by atoms with Gasteiger partial charge in [0.2, 0.25) is 0 Å². The summed E-state index contributed by atoms with van der Waals surface area (Å²) in [5, 5.41) is 0. The van der Waals surface area contributed by atoms with E-state index in [1.54, 1.807) is 0 Å². The number of aromatic amines is 1. The van der Waals surface area contributed by atoms with Gasteiger partial charge in [-0.2, -0.15) is 0 Å². The Morgan fingerprint density at radius 1 is 0.786 bits per heavy atom. The minimum Gasteiger partial charge on any atom is -0.384 e. The van der Waals surface area contributed by atoms with Gasteiger partial charge in [0.1, 0.15) is 5.82 Å². The molecule has 0 aromatic carbocycles. The average Bonchev–Trinajstić information content (AvgIpc) is 2.66. The van der Waals surface area contributed by atoms with Gasteiger partial charge in [-0.1, -0.05) is 103 Å². The Balaban J connectivity index is 1.85. The SMILES string of the molecule is CCCCCCCCCCCCCCCCCCSn1c(N)cc(=O)[nH]c1=O. The van der Waals surface area contributed by atoms with Crippen molar-refractivity contribution in [3.63, 3.8) is 0 Å². The van der Waals surface area contributed by atoms with Crippen molar-refractivity contribution >= 4 is 17.8 Å². The molecule has 0 fully saturated rings. The molecule has 0 unspecified atom stereocenters. The Hall–Kier alpha value is -1.17. The summed E-state index contributed by atoms with van der Waals surface area (Å²) >= 11 is 1.38. The van der Waals surface area contributed by atoms with E-state index in [9.17, 15) is 9.59 Å². The number of rotatable bonds is 18. The van der Waals surface area contributed by atoms with Crippen molar-refractivity contribution in [2.24, 2.45) is 0 Å². The van der Waals surface area contributed by atoms with Crippen molar-refractivity contribution in [2.45, 2.75) is 110 Å². The second kappa shape index (κ2) is 16.8. The van der Waals surface area contributed by atoms with Crippen molar-refractivity contribution in [2.75, 3.05) is 11.5 Å². The van der Waals surface area contributed by atoms with Gasteiger partial charge in [0, 0.05) is 11.8 Å². The number of aromatic nitrogens is 2. The lowest BCUT2D eigenvalue weighted by atomic mass is 10.0. The largest absolute Gasteiger partial charge is 0.384 e. The molecule has 0 spiro atoms. The summed E-state index contributed by atoms with van der Waals surface area (Å²) in [4.78, 5) is 25.0. The Morgan fingerprint density at radius 2 is 1.21 bits per heavy atom. The maximum atomic E-state index is 11.7. The average molecular weight is 412 g/mol. The van der Waals surface area contributed by atoms with Crippen LogP contribution in [-0.2, 0) is 0 Å². The zero-order valence-electron chi connectivity index (χ0n) is 17.8. The van der Waals surface area contributed by atoms with Gasteiger partial charge in [-0.3, -0.25) is 9.78 Å². The molecule has 0 aliphatic rings. The highest BCUT2D eigenvalue weighted by atomic mass is 32.2. The van der Waals surface area contributed by atoms with Gasteiger partial charge in [0.05, 0.1) is 0 Å². The van der Waals surface area contributed by atoms with Gasteiger partial charge in [0.25, 0.3) is 5.56 Å². The Kier molecular flexibility index (Phi) is 14.9. The molecule has 28 heavy (non-hydrogen) atoms. The summed E-state index contributed by atoms with van der Waals surface area (Å²) in [5.74, 6) is 1.06. The topological polar surface area (TPSA) is 80.9 Å². The molecule has 1 aromatic rings. The van der Waals surface area contributed by atoms with Crippen LogP contribution < -0.4 is 17.0 Å². The summed E-state index contributed by atoms with van der Waals surface area (Å²) < 4.78 is 1.37. The molecule has 1 heterocycles. The van der Waals surface area contributed by atoms with Gasteiger partial charge in [-0.05, 0) is 18.4 Å². The highest BCUT2D eigenvalue weighted by molar-refractivity contribution is 7.97. The van der Waals surface area contributed by atoms with E-state index in [0.29, 0.717) is 0 Å². The molecule has 0 radical (unpaired) electrons. The lowest BCUT2D eigenvalue weighted by Gasteiger charge is -2.07. The van der Waals surface area contributed by atoms with Crippen molar-refractivity contribution < 1.29 is 0 Å². The van der Waals surface area contributed by atoms with Crippen molar-refractivity contribution in [1.29, 1.82) is 0 Å². The third-order valence-corrected chi connectivity index (χ3v) is 6.25. The molecule has 0 saturated heterocycles. The molecule has 5 nitrogen and oxygen atoms in total. The Bertz CT molecular complexity index is 613. The lowest BCUT2D eigenvalue weighted by molar-refractivity contribution is 0.531. The van der Waals surface area contributed by atoms with Crippen LogP contribution in [0.1, 0.15) is 110 Å². The maximum absolute atomic E-state index is 11.7. The fourth-order valence-corrected chi connectivity index (χ4v) is 4.32. The molecule has 0 bridgehead atoms. The van der Waals surface area contributed by atoms with E-state index < -0.39 is 11.2 Å². The number of hydrogen-bond donors (Lipinski definition) is 2. The van der Waals surface area contributed by atoms with Crippen LogP contribution in [0.4, 0.5) is 5.82 Å². The third kappa shape index (κ3) is 12.3. The molecule has 162 valence electrons. The molecule has 0 aliphatic carbocycles. The van der Waals surface area contributed by atoms with Crippen LogP contribution in [0.25, 0.3) is 0 Å². The quantitative estimate of drug-likeness (QED) is 0.296. The molecule has 0 atom stereocenters. The second-order valence-electron chi connectivity index (χ2n) is 7.79. The zero-order chi connectivity index (χ0) is 20.5. The van der Waals surface area contributed by atoms with E-state index in [2.05, 4.69) is 11.9 Å². The van der Waals surface area contributed by atoms with E-state index >= 15 is 0 Å². The number of anilines is 1. The first-order chi connectivity index (χ1) is 13.6. The molecule has 0 saturated carbocycles. The van der Waals surface area contributed by atoms with Crippen molar-refractivity contribution in [3.8, 4) is 0 Å². The standard InChI is InChI=1S/C22H41N3O2S/c1-2-3-4-5-6-7-8-9-10-11-12-13-14-15-16-17-18-28-25-20(23)19-21(26)24-22(25)27/h19H,2-18,23H2,1H3,(H,24,26,27). The molecule has 0 aliphatic heterocycles. The van der Waals surface area contributed by atoms with E-state index in [-0.39, 0.29) is 5.82 Å². The number of H-pyrrole nitrogens is 1. The number of unbranched alkanes of at least 4 members (excludes halogenated alkanes) is 15.